The Morgan fingerprint density at radius 2 is 0.814 bits per heavy atom. The van der Waals surface area contributed by atoms with Crippen LogP contribution in [0.15, 0.2) is 85.5 Å². The van der Waals surface area contributed by atoms with E-state index >= 15 is 0 Å². The van der Waals surface area contributed by atoms with E-state index in [0.717, 1.165) is 101 Å². The zero-order chi connectivity index (χ0) is 63.2. The maximum Gasteiger partial charge on any atom is 0.250 e. The number of rotatable bonds is 22. The minimum Gasteiger partial charge on any atom is -0.370 e. The number of carbonyl (C=O) groups is 9. The molecule has 0 fully saturated rings. The van der Waals surface area contributed by atoms with Crippen molar-refractivity contribution in [2.75, 3.05) is 32.7 Å². The first-order valence-corrected chi connectivity index (χ1v) is 30.3. The Hall–Kier alpha value is -6.63. The zero-order valence-electron chi connectivity index (χ0n) is 48.4. The lowest BCUT2D eigenvalue weighted by atomic mass is 9.98. The molecule has 3 aliphatic rings. The van der Waals surface area contributed by atoms with Gasteiger partial charge in [0.15, 0.2) is 0 Å². The van der Waals surface area contributed by atoms with Crippen LogP contribution in [0.5, 0.6) is 0 Å². The number of benzene rings is 3. The van der Waals surface area contributed by atoms with Crippen molar-refractivity contribution in [3.8, 4) is 0 Å². The number of halogens is 4. The number of Topliss-reactive ketones (excluding diaryl/α,β-unsaturated/α-hetero) is 3. The lowest BCUT2D eigenvalue weighted by Crippen LogP contribution is -2.33. The van der Waals surface area contributed by atoms with Crippen LogP contribution in [0.4, 0.5) is 0 Å². The first kappa shape index (κ1) is 70.1. The molecule has 6 aromatic rings. The number of primary amides is 6. The quantitative estimate of drug-likeness (QED) is 0.0319. The molecular formula is C61H75Cl4N9O9S3. The van der Waals surface area contributed by atoms with Crippen LogP contribution >= 0.6 is 81.2 Å². The molecule has 3 aromatic heterocycles. The van der Waals surface area contributed by atoms with Crippen molar-refractivity contribution in [3.63, 3.8) is 0 Å². The predicted octanol–water partition coefficient (Wildman–Crippen LogP) is 7.88. The Morgan fingerprint density at radius 1 is 0.512 bits per heavy atom. The Kier molecular flexibility index (Phi) is 28.3. The third-order valence-corrected chi connectivity index (χ3v) is 18.1. The summed E-state index contributed by atoms with van der Waals surface area (Å²) in [4.78, 5) is 115. The van der Waals surface area contributed by atoms with Gasteiger partial charge in [0.2, 0.25) is 35.4 Å². The van der Waals surface area contributed by atoms with E-state index in [0.29, 0.717) is 90.0 Å². The zero-order valence-corrected chi connectivity index (χ0v) is 52.0. The van der Waals surface area contributed by atoms with Crippen LogP contribution in [0.2, 0.25) is 15.1 Å². The summed E-state index contributed by atoms with van der Waals surface area (Å²) in [5.41, 5.74) is 39.0. The normalized spacial score (nSPS) is 13.2. The molecule has 3 aliphatic heterocycles. The molecule has 13 N–H and O–H groups in total. The van der Waals surface area contributed by atoms with Crippen LogP contribution in [0.3, 0.4) is 0 Å². The van der Waals surface area contributed by atoms with Crippen LogP contribution in [-0.4, -0.2) is 95.3 Å². The van der Waals surface area contributed by atoms with E-state index < -0.39 is 23.6 Å². The van der Waals surface area contributed by atoms with Gasteiger partial charge in [0, 0.05) is 146 Å². The first-order chi connectivity index (χ1) is 41.0. The molecular weight excluding hydrogens is 1240 g/mol. The third kappa shape index (κ3) is 21.7. The van der Waals surface area contributed by atoms with Crippen molar-refractivity contribution >= 4 is 134 Å². The molecule has 0 unspecified atom stereocenters. The van der Waals surface area contributed by atoms with Crippen LogP contribution in [0.1, 0.15) is 118 Å². The smallest absolute Gasteiger partial charge is 0.250 e. The number of carbonyl (C=O) groups excluding carboxylic acids is 9. The summed E-state index contributed by atoms with van der Waals surface area (Å²) in [6.45, 7) is 8.58. The van der Waals surface area contributed by atoms with Gasteiger partial charge in [0.25, 0.3) is 0 Å². The van der Waals surface area contributed by atoms with E-state index in [2.05, 4.69) is 27.4 Å². The summed E-state index contributed by atoms with van der Waals surface area (Å²) in [6.07, 6.45) is 5.30. The number of nitrogens with zero attached hydrogens (tertiary/aromatic N) is 2. The molecule has 18 nitrogen and oxygen atoms in total. The minimum atomic E-state index is -0.489. The van der Waals surface area contributed by atoms with E-state index in [1.807, 2.05) is 36.4 Å². The summed E-state index contributed by atoms with van der Waals surface area (Å²) in [6, 6.07) is 21.5. The first-order valence-electron chi connectivity index (χ1n) is 27.7. The summed E-state index contributed by atoms with van der Waals surface area (Å²) in [5, 5.41) is 5.18. The third-order valence-electron chi connectivity index (χ3n) is 13.7. The molecule has 0 bridgehead atoms. The van der Waals surface area contributed by atoms with Crippen LogP contribution in [0.25, 0.3) is 0 Å². The molecule has 6 heterocycles. The van der Waals surface area contributed by atoms with Crippen molar-refractivity contribution in [1.29, 1.82) is 0 Å². The summed E-state index contributed by atoms with van der Waals surface area (Å²) < 4.78 is 10.0. The molecule has 0 radical (unpaired) electrons. The average molecular weight is 1320 g/mol. The number of fused-ring (bicyclic) bond motifs is 3. The van der Waals surface area contributed by atoms with Crippen molar-refractivity contribution in [2.24, 2.45) is 34.4 Å². The number of thiophene rings is 3. The average Bonchev–Trinajstić information content (AvgIpc) is 3.33. The fourth-order valence-corrected chi connectivity index (χ4v) is 14.4. The fraction of sp³-hybridized carbons (Fsp3) is 0.328. The molecule has 464 valence electrons. The van der Waals surface area contributed by atoms with Crippen LogP contribution in [0, 0.1) is 0 Å². The number of nitrogens with one attached hydrogen (secondary N) is 1. The SMILES string of the molecule is C.C=CC(N)=O.Cl.NC(=O)CCN1CCc2c(sc(CC(=O)Cc3ccc(Cl)cc3)c2C(N)=O)C1.NC(=O)CCN1CCc2c(sc(CC(=O)Cc3ccc(Cl)cc3)c2C(N)=O)C1.NC(=O)c1c(CC(=O)Cc2ccc(Cl)cc2)sc2c1CCNC2.[2HH].[2H][2H]. The molecule has 0 saturated heterocycles. The van der Waals surface area contributed by atoms with E-state index in [1.54, 1.807) is 36.4 Å². The number of hydrogen-bond acceptors (Lipinski definition) is 15. The van der Waals surface area contributed by atoms with E-state index in [4.69, 9.17) is 66.4 Å². The molecule has 3 aromatic carbocycles. The maximum atomic E-state index is 12.6. The molecule has 0 atom stereocenters. The van der Waals surface area contributed by atoms with Gasteiger partial charge in [-0.25, -0.2) is 0 Å². The second-order valence-electron chi connectivity index (χ2n) is 20.1. The highest BCUT2D eigenvalue weighted by Gasteiger charge is 2.30. The Balaban J connectivity index is 0.000000426. The number of ketones is 3. The second kappa shape index (κ2) is 34.6. The Bertz CT molecular complexity index is 3290. The fourth-order valence-electron chi connectivity index (χ4n) is 9.78. The summed E-state index contributed by atoms with van der Waals surface area (Å²) >= 11 is 22.1. The van der Waals surface area contributed by atoms with Gasteiger partial charge >= 0.3 is 0 Å². The summed E-state index contributed by atoms with van der Waals surface area (Å²) in [5.74, 6) is -2.44. The highest BCUT2D eigenvalue weighted by Crippen LogP contribution is 2.36. The number of amides is 6. The number of hydrogen-bond donors (Lipinski definition) is 7. The molecule has 25 heteroatoms. The van der Waals surface area contributed by atoms with Crippen molar-refractivity contribution in [3.05, 3.63) is 180 Å². The van der Waals surface area contributed by atoms with Gasteiger partial charge in [-0.1, -0.05) is 85.2 Å². The van der Waals surface area contributed by atoms with E-state index in [-0.39, 0.29) is 82.5 Å². The van der Waals surface area contributed by atoms with Crippen molar-refractivity contribution in [1.82, 2.24) is 15.1 Å². The van der Waals surface area contributed by atoms with Crippen molar-refractivity contribution in [2.45, 2.75) is 97.7 Å². The van der Waals surface area contributed by atoms with Gasteiger partial charge in [0.1, 0.15) is 17.3 Å². The highest BCUT2D eigenvalue weighted by molar-refractivity contribution is 7.13. The summed E-state index contributed by atoms with van der Waals surface area (Å²) in [7, 11) is 0. The molecule has 0 spiro atoms. The molecule has 0 saturated carbocycles. The lowest BCUT2D eigenvalue weighted by Gasteiger charge is -2.26. The van der Waals surface area contributed by atoms with Gasteiger partial charge in [0.05, 0.1) is 16.7 Å². The molecule has 0 aliphatic carbocycles. The van der Waals surface area contributed by atoms with Gasteiger partial charge in [-0.05, 0) is 102 Å². The van der Waals surface area contributed by atoms with E-state index in [1.165, 1.54) is 34.0 Å². The van der Waals surface area contributed by atoms with Gasteiger partial charge in [-0.3, -0.25) is 53.0 Å². The van der Waals surface area contributed by atoms with E-state index in [9.17, 15) is 43.2 Å². The highest BCUT2D eigenvalue weighted by atomic mass is 35.5. The van der Waals surface area contributed by atoms with Gasteiger partial charge < -0.3 is 39.7 Å². The minimum absolute atomic E-state index is 0. The number of nitrogens with two attached hydrogens (primary N) is 6. The topological polar surface area (TPSA) is 328 Å². The van der Waals surface area contributed by atoms with Crippen LogP contribution < -0.4 is 39.7 Å². The lowest BCUT2D eigenvalue weighted by molar-refractivity contribution is -0.119. The maximum absolute atomic E-state index is 12.6. The predicted molar refractivity (Wildman–Crippen MR) is 349 cm³/mol. The standard InChI is InChI=1S/2C20H22ClN3O3S.C17H17ClN2O2S.C3H5NO.CH4.ClH.2H2/c2*21-13-3-1-12(2-4-13)9-14(25)10-16-19(20(23)27)15-5-7-24(8-6-18(22)26)11-17(15)28-16;18-11-3-1-10(2-4-11)7-12(21)8-14-16(17(19)22)13-5-6-20-9-15(13)23-14;1-2-3(4)5;;;;/h2*1-4H,5-11H2,(H2,22,26)(H2,23,27);1-4,20H,5-9H2,(H2,19,22);2H,1H2,(H2,4,5);1H4;3*1H/i;;;;;;1+1D;1+1. The van der Waals surface area contributed by atoms with Crippen molar-refractivity contribution < 1.29 is 47.5 Å². The Morgan fingerprint density at radius 3 is 1.10 bits per heavy atom. The Labute approximate surface area is 537 Å². The second-order valence-corrected chi connectivity index (χ2v) is 25.0. The largest absolute Gasteiger partial charge is 0.370 e. The monoisotopic (exact) mass is 1320 g/mol. The molecule has 86 heavy (non-hydrogen) atoms. The van der Waals surface area contributed by atoms with Crippen LogP contribution in [-0.2, 0) is 106 Å². The van der Waals surface area contributed by atoms with Gasteiger partial charge in [-0.15, -0.1) is 46.4 Å². The molecule has 9 rings (SSSR count). The molecule has 6 amide bonds. The van der Waals surface area contributed by atoms with Gasteiger partial charge in [-0.2, -0.15) is 0 Å².